The van der Waals surface area contributed by atoms with E-state index in [1.165, 1.54) is 17.5 Å². The molecule has 26 heavy (non-hydrogen) atoms. The predicted octanol–water partition coefficient (Wildman–Crippen LogP) is 3.40. The first kappa shape index (κ1) is 16.7. The third-order valence-electron chi connectivity index (χ3n) is 3.99. The van der Waals surface area contributed by atoms with Gasteiger partial charge in [0.2, 0.25) is 5.91 Å². The fraction of sp³-hybridized carbons (Fsp3) is 0.312. The summed E-state index contributed by atoms with van der Waals surface area (Å²) in [7, 11) is 0. The number of thiazole rings is 1. The van der Waals surface area contributed by atoms with Gasteiger partial charge in [-0.25, -0.2) is 4.98 Å². The Kier molecular flexibility index (Phi) is 4.41. The summed E-state index contributed by atoms with van der Waals surface area (Å²) in [5.74, 6) is -0.709. The third kappa shape index (κ3) is 3.19. The molecule has 1 aliphatic rings. The lowest BCUT2D eigenvalue weighted by Gasteiger charge is -2.21. The van der Waals surface area contributed by atoms with E-state index < -0.39 is 12.3 Å². The number of pyridine rings is 1. The molecule has 0 bridgehead atoms. The quantitative estimate of drug-likeness (QED) is 0.693. The van der Waals surface area contributed by atoms with Crippen LogP contribution in [0.15, 0.2) is 29.1 Å². The Hall–Kier alpha value is -2.75. The zero-order valence-corrected chi connectivity index (χ0v) is 14.2. The number of carbonyl (C=O) groups is 1. The van der Waals surface area contributed by atoms with E-state index in [1.807, 2.05) is 6.07 Å². The summed E-state index contributed by atoms with van der Waals surface area (Å²) < 4.78 is 30.1. The molecule has 0 saturated heterocycles. The van der Waals surface area contributed by atoms with Crippen molar-refractivity contribution in [2.45, 2.75) is 32.2 Å². The van der Waals surface area contributed by atoms with Crippen LogP contribution < -0.4 is 4.90 Å². The largest absolute Gasteiger partial charge is 0.414 e. The van der Waals surface area contributed by atoms with Gasteiger partial charge in [0, 0.05) is 18.8 Å². The molecule has 134 valence electrons. The van der Waals surface area contributed by atoms with Crippen LogP contribution in [0.1, 0.15) is 35.7 Å². The molecule has 0 aliphatic carbocycles. The van der Waals surface area contributed by atoms with Crippen molar-refractivity contribution in [3.63, 3.8) is 0 Å². The Labute approximate surface area is 150 Å². The van der Waals surface area contributed by atoms with Crippen molar-refractivity contribution < 1.29 is 18.0 Å². The molecule has 0 unspecified atom stereocenters. The molecule has 0 radical (unpaired) electrons. The van der Waals surface area contributed by atoms with Crippen LogP contribution in [-0.2, 0) is 17.8 Å². The number of amides is 1. The van der Waals surface area contributed by atoms with Crippen LogP contribution in [0.4, 0.5) is 14.5 Å². The van der Waals surface area contributed by atoms with Crippen LogP contribution in [-0.4, -0.2) is 26.1 Å². The van der Waals surface area contributed by atoms with Gasteiger partial charge >= 0.3 is 6.43 Å². The molecule has 10 heteroatoms. The van der Waals surface area contributed by atoms with Crippen LogP contribution in [0.5, 0.6) is 0 Å². The SMILES string of the molecule is O=C1CCCc2cnccc2N1Cc1ncc(-c2nnc(C(F)F)o2)s1. The molecule has 7 nitrogen and oxygen atoms in total. The van der Waals surface area contributed by atoms with Crippen molar-refractivity contribution in [3.05, 3.63) is 41.1 Å². The molecule has 0 fully saturated rings. The summed E-state index contributed by atoms with van der Waals surface area (Å²) in [4.78, 5) is 23.1. The van der Waals surface area contributed by atoms with Crippen molar-refractivity contribution in [2.24, 2.45) is 0 Å². The van der Waals surface area contributed by atoms with E-state index >= 15 is 0 Å². The first-order valence-electron chi connectivity index (χ1n) is 7.91. The minimum atomic E-state index is -2.82. The zero-order valence-electron chi connectivity index (χ0n) is 13.4. The van der Waals surface area contributed by atoms with Crippen LogP contribution >= 0.6 is 11.3 Å². The molecular weight excluding hydrogens is 364 g/mol. The number of halogens is 2. The topological polar surface area (TPSA) is 85.0 Å². The van der Waals surface area contributed by atoms with Gasteiger partial charge in [-0.1, -0.05) is 0 Å². The number of hydrogen-bond donors (Lipinski definition) is 0. The third-order valence-corrected chi connectivity index (χ3v) is 4.96. The first-order chi connectivity index (χ1) is 12.6. The molecule has 0 N–H and O–H groups in total. The van der Waals surface area contributed by atoms with E-state index in [4.69, 9.17) is 4.42 Å². The van der Waals surface area contributed by atoms with Gasteiger partial charge in [0.15, 0.2) is 0 Å². The molecule has 4 rings (SSSR count). The molecule has 0 saturated carbocycles. The fourth-order valence-corrected chi connectivity index (χ4v) is 3.62. The number of carbonyl (C=O) groups excluding carboxylic acids is 1. The van der Waals surface area contributed by atoms with Crippen molar-refractivity contribution in [2.75, 3.05) is 4.90 Å². The molecule has 3 aromatic heterocycles. The predicted molar refractivity (Wildman–Crippen MR) is 88.7 cm³/mol. The highest BCUT2D eigenvalue weighted by molar-refractivity contribution is 7.15. The molecule has 0 aromatic carbocycles. The van der Waals surface area contributed by atoms with Gasteiger partial charge in [-0.05, 0) is 24.5 Å². The van der Waals surface area contributed by atoms with Gasteiger partial charge in [-0.3, -0.25) is 9.78 Å². The summed E-state index contributed by atoms with van der Waals surface area (Å²) in [5, 5.41) is 7.58. The van der Waals surface area contributed by atoms with Gasteiger partial charge in [-0.2, -0.15) is 8.78 Å². The van der Waals surface area contributed by atoms with Gasteiger partial charge in [-0.15, -0.1) is 21.5 Å². The second-order valence-electron chi connectivity index (χ2n) is 5.70. The maximum atomic E-state index is 12.6. The molecule has 1 aliphatic heterocycles. The molecule has 4 heterocycles. The van der Waals surface area contributed by atoms with E-state index in [0.717, 1.165) is 24.1 Å². The Bertz CT molecular complexity index is 942. The van der Waals surface area contributed by atoms with Crippen LogP contribution in [0.25, 0.3) is 10.8 Å². The lowest BCUT2D eigenvalue weighted by molar-refractivity contribution is -0.118. The van der Waals surface area contributed by atoms with E-state index in [0.29, 0.717) is 16.3 Å². The number of fused-ring (bicyclic) bond motifs is 1. The number of anilines is 1. The highest BCUT2D eigenvalue weighted by atomic mass is 32.1. The molecular formula is C16H13F2N5O2S. The van der Waals surface area contributed by atoms with E-state index in [-0.39, 0.29) is 18.3 Å². The number of nitrogens with zero attached hydrogens (tertiary/aromatic N) is 5. The van der Waals surface area contributed by atoms with Gasteiger partial charge in [0.25, 0.3) is 11.8 Å². The zero-order chi connectivity index (χ0) is 18.1. The highest BCUT2D eigenvalue weighted by Crippen LogP contribution is 2.31. The fourth-order valence-electron chi connectivity index (χ4n) is 2.79. The Morgan fingerprint density at radius 3 is 2.96 bits per heavy atom. The maximum absolute atomic E-state index is 12.6. The highest BCUT2D eigenvalue weighted by Gasteiger charge is 2.24. The van der Waals surface area contributed by atoms with Crippen LogP contribution in [0.2, 0.25) is 0 Å². The van der Waals surface area contributed by atoms with E-state index in [1.54, 1.807) is 17.3 Å². The first-order valence-corrected chi connectivity index (χ1v) is 8.73. The average molecular weight is 377 g/mol. The van der Waals surface area contributed by atoms with Gasteiger partial charge < -0.3 is 9.32 Å². The van der Waals surface area contributed by atoms with Crippen LogP contribution in [0, 0.1) is 0 Å². The van der Waals surface area contributed by atoms with Crippen molar-refractivity contribution in [3.8, 4) is 10.8 Å². The molecule has 0 atom stereocenters. The molecule has 0 spiro atoms. The van der Waals surface area contributed by atoms with Crippen molar-refractivity contribution in [1.29, 1.82) is 0 Å². The van der Waals surface area contributed by atoms with Crippen molar-refractivity contribution in [1.82, 2.24) is 20.2 Å². The lowest BCUT2D eigenvalue weighted by Crippen LogP contribution is -2.29. The average Bonchev–Trinajstić information content (AvgIpc) is 3.26. The van der Waals surface area contributed by atoms with Crippen molar-refractivity contribution >= 4 is 22.9 Å². The number of alkyl halides is 2. The normalized spacial score (nSPS) is 14.6. The van der Waals surface area contributed by atoms with E-state index in [9.17, 15) is 13.6 Å². The summed E-state index contributed by atoms with van der Waals surface area (Å²) in [6.07, 6.45) is 4.12. The Morgan fingerprint density at radius 2 is 2.15 bits per heavy atom. The number of rotatable bonds is 4. The Balaban J connectivity index is 1.59. The summed E-state index contributed by atoms with van der Waals surface area (Å²) >= 11 is 1.23. The number of aromatic nitrogens is 4. The Morgan fingerprint density at radius 1 is 1.27 bits per heavy atom. The standard InChI is InChI=1S/C16H13F2N5O2S/c17-14(18)16-22-21-15(25-16)11-7-20-12(26-11)8-23-10-4-5-19-6-9(10)2-1-3-13(23)24/h4-7,14H,1-3,8H2. The molecule has 1 amide bonds. The molecule has 3 aromatic rings. The number of hydrogen-bond acceptors (Lipinski definition) is 7. The van der Waals surface area contributed by atoms with E-state index in [2.05, 4.69) is 20.2 Å². The second-order valence-corrected chi connectivity index (χ2v) is 6.82. The minimum Gasteiger partial charge on any atom is -0.414 e. The summed E-state index contributed by atoms with van der Waals surface area (Å²) in [6.45, 7) is 0.288. The number of aryl methyl sites for hydroxylation is 1. The van der Waals surface area contributed by atoms with Gasteiger partial charge in [0.05, 0.1) is 18.4 Å². The minimum absolute atomic E-state index is 0.00385. The summed E-state index contributed by atoms with van der Waals surface area (Å²) in [5.41, 5.74) is 1.85. The van der Waals surface area contributed by atoms with Gasteiger partial charge in [0.1, 0.15) is 9.88 Å². The monoisotopic (exact) mass is 377 g/mol. The maximum Gasteiger partial charge on any atom is 0.314 e. The van der Waals surface area contributed by atoms with Crippen LogP contribution in [0.3, 0.4) is 0 Å². The lowest BCUT2D eigenvalue weighted by atomic mass is 10.1. The smallest absolute Gasteiger partial charge is 0.314 e. The second kappa shape index (κ2) is 6.87. The summed E-state index contributed by atoms with van der Waals surface area (Å²) in [6, 6.07) is 1.82.